The Bertz CT molecular complexity index is 464. The highest BCUT2D eigenvalue weighted by Gasteiger charge is 2.26. The van der Waals surface area contributed by atoms with Gasteiger partial charge in [0.15, 0.2) is 0 Å². The van der Waals surface area contributed by atoms with Crippen LogP contribution >= 0.6 is 24.0 Å². The average molecular weight is 297 g/mol. The molecular weight excluding hydrogens is 272 g/mol. The topological polar surface area (TPSA) is 29.3 Å². The third kappa shape index (κ3) is 3.63. The molecule has 19 heavy (non-hydrogen) atoms. The molecule has 106 valence electrons. The highest BCUT2D eigenvalue weighted by Crippen LogP contribution is 2.33. The van der Waals surface area contributed by atoms with E-state index in [2.05, 4.69) is 57.8 Å². The van der Waals surface area contributed by atoms with Crippen LogP contribution in [-0.4, -0.2) is 24.3 Å². The molecule has 4 heteroatoms. The quantitative estimate of drug-likeness (QED) is 0.674. The van der Waals surface area contributed by atoms with E-state index in [1.165, 1.54) is 0 Å². The Morgan fingerprint density at radius 3 is 2.37 bits per heavy atom. The number of thioether (sulfide) groups is 1. The van der Waals surface area contributed by atoms with Gasteiger partial charge in [0, 0.05) is 29.2 Å². The number of hydrogen-bond donors (Lipinski definition) is 1. The number of hydrogen-bond acceptors (Lipinski definition) is 3. The van der Waals surface area contributed by atoms with Gasteiger partial charge in [-0.3, -0.25) is 0 Å². The van der Waals surface area contributed by atoms with Crippen molar-refractivity contribution >= 4 is 34.7 Å². The minimum absolute atomic E-state index is 0.192. The predicted octanol–water partition coefficient (Wildman–Crippen LogP) is 3.91. The van der Waals surface area contributed by atoms with Gasteiger partial charge in [-0.15, -0.1) is 11.8 Å². The molecule has 0 aliphatic heterocycles. The molecule has 0 saturated heterocycles. The Morgan fingerprint density at radius 1 is 1.37 bits per heavy atom. The van der Waals surface area contributed by atoms with E-state index >= 15 is 0 Å². The fraction of sp³-hybridized carbons (Fsp3) is 0.533. The number of thiocarbonyl (C=S) groups is 1. The second-order valence-corrected chi connectivity index (χ2v) is 7.16. The van der Waals surface area contributed by atoms with Crippen LogP contribution in [0.3, 0.4) is 0 Å². The molecule has 0 radical (unpaired) electrons. The van der Waals surface area contributed by atoms with Gasteiger partial charge < -0.3 is 10.6 Å². The number of rotatable bonds is 4. The summed E-state index contributed by atoms with van der Waals surface area (Å²) in [6, 6.07) is 6.61. The molecule has 0 aliphatic rings. The van der Waals surface area contributed by atoms with Crippen LogP contribution in [0.15, 0.2) is 23.1 Å². The normalized spacial score (nSPS) is 13.2. The lowest BCUT2D eigenvalue weighted by Gasteiger charge is -2.38. The summed E-state index contributed by atoms with van der Waals surface area (Å²) < 4.78 is 0. The summed E-state index contributed by atoms with van der Waals surface area (Å²) in [6.45, 7) is 8.96. The van der Waals surface area contributed by atoms with Crippen molar-refractivity contribution in [3.8, 4) is 0 Å². The van der Waals surface area contributed by atoms with Crippen LogP contribution in [0.25, 0.3) is 0 Å². The fourth-order valence-electron chi connectivity index (χ4n) is 2.02. The van der Waals surface area contributed by atoms with Gasteiger partial charge in [-0.1, -0.05) is 39.1 Å². The van der Waals surface area contributed by atoms with Crippen molar-refractivity contribution in [3.63, 3.8) is 0 Å². The van der Waals surface area contributed by atoms with E-state index < -0.39 is 0 Å². The summed E-state index contributed by atoms with van der Waals surface area (Å²) in [4.78, 5) is 3.87. The van der Waals surface area contributed by atoms with Crippen LogP contribution in [0.2, 0.25) is 0 Å². The molecule has 0 aliphatic carbocycles. The van der Waals surface area contributed by atoms with E-state index in [0.717, 1.165) is 16.1 Å². The van der Waals surface area contributed by atoms with Gasteiger partial charge in [-0.25, -0.2) is 0 Å². The molecule has 1 atom stereocenters. The molecular formula is C15H24N2S2. The van der Waals surface area contributed by atoms with Gasteiger partial charge in [0.1, 0.15) is 4.99 Å². The lowest BCUT2D eigenvalue weighted by Crippen LogP contribution is -2.40. The molecule has 0 bridgehead atoms. The molecule has 0 saturated carbocycles. The maximum atomic E-state index is 5.93. The zero-order valence-electron chi connectivity index (χ0n) is 12.7. The summed E-state index contributed by atoms with van der Waals surface area (Å²) in [7, 11) is 2.11. The fourth-order valence-corrected chi connectivity index (χ4v) is 2.93. The van der Waals surface area contributed by atoms with Crippen molar-refractivity contribution in [2.45, 2.75) is 38.6 Å². The number of anilines is 1. The van der Waals surface area contributed by atoms with E-state index in [1.807, 2.05) is 6.26 Å². The second-order valence-electron chi connectivity index (χ2n) is 5.87. The monoisotopic (exact) mass is 296 g/mol. The zero-order valence-corrected chi connectivity index (χ0v) is 14.3. The molecule has 0 heterocycles. The molecule has 0 spiro atoms. The van der Waals surface area contributed by atoms with Crippen molar-refractivity contribution < 1.29 is 0 Å². The van der Waals surface area contributed by atoms with Gasteiger partial charge in [-0.05, 0) is 30.7 Å². The molecule has 1 aromatic rings. The average Bonchev–Trinajstić information content (AvgIpc) is 2.34. The third-order valence-electron chi connectivity index (χ3n) is 3.68. The molecule has 1 aromatic carbocycles. The Hall–Kier alpha value is -0.740. The first-order chi connectivity index (χ1) is 8.70. The number of nitrogens with zero attached hydrogens (tertiary/aromatic N) is 1. The molecule has 0 amide bonds. The van der Waals surface area contributed by atoms with Crippen LogP contribution < -0.4 is 10.6 Å². The van der Waals surface area contributed by atoms with Gasteiger partial charge in [0.05, 0.1) is 0 Å². The van der Waals surface area contributed by atoms with Crippen molar-refractivity contribution in [2.75, 3.05) is 18.2 Å². The molecule has 2 N–H and O–H groups in total. The Balaban J connectivity index is 3.31. The SMILES string of the molecule is CSc1cccc(N(C)C(C)C(C)(C)C)c1C(N)=S. The first-order valence-corrected chi connectivity index (χ1v) is 8.03. The molecule has 0 fully saturated rings. The zero-order chi connectivity index (χ0) is 14.8. The summed E-state index contributed by atoms with van der Waals surface area (Å²) in [5.74, 6) is 0. The van der Waals surface area contributed by atoms with Gasteiger partial charge in [0.2, 0.25) is 0 Å². The van der Waals surface area contributed by atoms with Gasteiger partial charge in [0.25, 0.3) is 0 Å². The van der Waals surface area contributed by atoms with Crippen LogP contribution in [0, 0.1) is 5.41 Å². The highest BCUT2D eigenvalue weighted by molar-refractivity contribution is 7.98. The van der Waals surface area contributed by atoms with Crippen LogP contribution in [0.5, 0.6) is 0 Å². The van der Waals surface area contributed by atoms with Crippen LogP contribution in [0.4, 0.5) is 5.69 Å². The van der Waals surface area contributed by atoms with Gasteiger partial charge >= 0.3 is 0 Å². The second kappa shape index (κ2) is 6.14. The van der Waals surface area contributed by atoms with Crippen molar-refractivity contribution in [2.24, 2.45) is 11.1 Å². The lowest BCUT2D eigenvalue weighted by molar-refractivity contribution is 0.329. The van der Waals surface area contributed by atoms with Crippen molar-refractivity contribution in [1.82, 2.24) is 0 Å². The Labute approximate surface area is 126 Å². The molecule has 1 rings (SSSR count). The highest BCUT2D eigenvalue weighted by atomic mass is 32.2. The van der Waals surface area contributed by atoms with E-state index in [9.17, 15) is 0 Å². The van der Waals surface area contributed by atoms with E-state index in [-0.39, 0.29) is 5.41 Å². The number of nitrogens with two attached hydrogens (primary N) is 1. The molecule has 2 nitrogen and oxygen atoms in total. The maximum absolute atomic E-state index is 5.93. The Morgan fingerprint density at radius 2 is 1.95 bits per heavy atom. The van der Waals surface area contributed by atoms with Crippen LogP contribution in [0.1, 0.15) is 33.3 Å². The minimum atomic E-state index is 0.192. The summed E-state index contributed by atoms with van der Waals surface area (Å²) in [6.07, 6.45) is 2.05. The molecule has 0 aromatic heterocycles. The maximum Gasteiger partial charge on any atom is 0.107 e. The van der Waals surface area contributed by atoms with E-state index in [1.54, 1.807) is 11.8 Å². The smallest absolute Gasteiger partial charge is 0.107 e. The molecule has 1 unspecified atom stereocenters. The predicted molar refractivity (Wildman–Crippen MR) is 91.4 cm³/mol. The first-order valence-electron chi connectivity index (χ1n) is 6.39. The Kier molecular flexibility index (Phi) is 5.27. The largest absolute Gasteiger partial charge is 0.389 e. The van der Waals surface area contributed by atoms with E-state index in [4.69, 9.17) is 18.0 Å². The minimum Gasteiger partial charge on any atom is -0.389 e. The standard InChI is InChI=1S/C15H24N2S2/c1-10(15(2,3)4)17(5)11-8-7-9-12(19-6)13(11)14(16)18/h7-10H,1-6H3,(H2,16,18). The summed E-state index contributed by atoms with van der Waals surface area (Å²) in [5, 5.41) is 0. The van der Waals surface area contributed by atoms with Crippen LogP contribution in [-0.2, 0) is 0 Å². The van der Waals surface area contributed by atoms with Gasteiger partial charge in [-0.2, -0.15) is 0 Å². The summed E-state index contributed by atoms with van der Waals surface area (Å²) in [5.41, 5.74) is 8.22. The van der Waals surface area contributed by atoms with E-state index in [0.29, 0.717) is 11.0 Å². The third-order valence-corrected chi connectivity index (χ3v) is 4.67. The summed E-state index contributed by atoms with van der Waals surface area (Å²) >= 11 is 6.92. The lowest BCUT2D eigenvalue weighted by atomic mass is 9.86. The van der Waals surface area contributed by atoms with Crippen molar-refractivity contribution in [1.29, 1.82) is 0 Å². The number of benzene rings is 1. The van der Waals surface area contributed by atoms with Crippen molar-refractivity contribution in [3.05, 3.63) is 23.8 Å². The first kappa shape index (κ1) is 16.3.